The number of halogens is 1. The minimum atomic E-state index is 0.124. The normalized spacial score (nSPS) is 11.9. The Morgan fingerprint density at radius 3 is 2.67 bits per heavy atom. The van der Waals surface area contributed by atoms with Crippen molar-refractivity contribution in [2.45, 2.75) is 33.2 Å². The number of oxime groups is 1. The molecule has 0 aliphatic heterocycles. The molecule has 0 radical (unpaired) electrons. The van der Waals surface area contributed by atoms with Crippen molar-refractivity contribution < 1.29 is 5.21 Å². The first kappa shape index (κ1) is 14.8. The van der Waals surface area contributed by atoms with Gasteiger partial charge in [-0.2, -0.15) is 0 Å². The molecular weight excluding hydrogens is 294 g/mol. The molecule has 0 amide bonds. The maximum atomic E-state index is 8.91. The Hall–Kier alpha value is -1.23. The zero-order valence-electron chi connectivity index (χ0n) is 11.0. The van der Waals surface area contributed by atoms with Gasteiger partial charge in [-0.15, -0.1) is 0 Å². The molecule has 100 valence electrons. The van der Waals surface area contributed by atoms with Crippen molar-refractivity contribution in [2.75, 3.05) is 11.4 Å². The van der Waals surface area contributed by atoms with E-state index in [1.54, 1.807) is 0 Å². The number of anilines is 1. The Labute approximate surface area is 117 Å². The SMILES string of the molecule is CCCN(c1cccc(Br)c1/C(N)=N/O)C(C)C. The molecule has 0 aromatic heterocycles. The van der Waals surface area contributed by atoms with Gasteiger partial charge in [0.25, 0.3) is 0 Å². The van der Waals surface area contributed by atoms with Crippen LogP contribution in [0.25, 0.3) is 0 Å². The Bertz CT molecular complexity index is 432. The van der Waals surface area contributed by atoms with Gasteiger partial charge in [0, 0.05) is 22.7 Å². The molecule has 5 heteroatoms. The molecule has 0 atom stereocenters. The highest BCUT2D eigenvalue weighted by Gasteiger charge is 2.18. The van der Waals surface area contributed by atoms with Crippen molar-refractivity contribution in [1.29, 1.82) is 0 Å². The number of nitrogens with two attached hydrogens (primary N) is 1. The van der Waals surface area contributed by atoms with E-state index in [1.807, 2.05) is 18.2 Å². The number of hydrogen-bond donors (Lipinski definition) is 2. The second kappa shape index (κ2) is 6.64. The summed E-state index contributed by atoms with van der Waals surface area (Å²) in [6, 6.07) is 6.19. The van der Waals surface area contributed by atoms with E-state index in [0.717, 1.165) is 28.7 Å². The van der Waals surface area contributed by atoms with Gasteiger partial charge in [0.05, 0.1) is 5.56 Å². The number of hydrogen-bond acceptors (Lipinski definition) is 3. The van der Waals surface area contributed by atoms with Gasteiger partial charge < -0.3 is 15.8 Å². The zero-order valence-corrected chi connectivity index (χ0v) is 12.6. The van der Waals surface area contributed by atoms with E-state index < -0.39 is 0 Å². The highest BCUT2D eigenvalue weighted by molar-refractivity contribution is 9.10. The van der Waals surface area contributed by atoms with Crippen LogP contribution in [0.5, 0.6) is 0 Å². The van der Waals surface area contributed by atoms with Crippen LogP contribution < -0.4 is 10.6 Å². The van der Waals surface area contributed by atoms with Gasteiger partial charge in [-0.1, -0.05) is 18.1 Å². The summed E-state index contributed by atoms with van der Waals surface area (Å²) in [7, 11) is 0. The van der Waals surface area contributed by atoms with Crippen molar-refractivity contribution in [2.24, 2.45) is 10.9 Å². The molecule has 0 saturated heterocycles. The fraction of sp³-hybridized carbons (Fsp3) is 0.462. The van der Waals surface area contributed by atoms with Crippen LogP contribution in [0.4, 0.5) is 5.69 Å². The summed E-state index contributed by atoms with van der Waals surface area (Å²) in [4.78, 5) is 2.25. The molecule has 3 N–H and O–H groups in total. The van der Waals surface area contributed by atoms with Crippen molar-refractivity contribution >= 4 is 27.5 Å². The third-order valence-corrected chi connectivity index (χ3v) is 3.41. The molecule has 0 bridgehead atoms. The minimum Gasteiger partial charge on any atom is -0.409 e. The Morgan fingerprint density at radius 1 is 1.50 bits per heavy atom. The first-order chi connectivity index (χ1) is 8.52. The monoisotopic (exact) mass is 313 g/mol. The number of amidine groups is 1. The van der Waals surface area contributed by atoms with Crippen LogP contribution >= 0.6 is 15.9 Å². The molecule has 0 unspecified atom stereocenters. The molecule has 0 aliphatic carbocycles. The lowest BCUT2D eigenvalue weighted by molar-refractivity contribution is 0.318. The van der Waals surface area contributed by atoms with E-state index in [9.17, 15) is 0 Å². The summed E-state index contributed by atoms with van der Waals surface area (Å²) in [5, 5.41) is 12.0. The summed E-state index contributed by atoms with van der Waals surface area (Å²) >= 11 is 3.46. The number of benzene rings is 1. The molecule has 1 rings (SSSR count). The van der Waals surface area contributed by atoms with Crippen LogP contribution in [0.1, 0.15) is 32.8 Å². The van der Waals surface area contributed by atoms with Gasteiger partial charge in [0.15, 0.2) is 5.84 Å². The maximum absolute atomic E-state index is 8.91. The molecule has 1 aromatic carbocycles. The molecular formula is C13H20BrN3O. The molecule has 0 aliphatic rings. The van der Waals surface area contributed by atoms with Crippen LogP contribution in [0.2, 0.25) is 0 Å². The third-order valence-electron chi connectivity index (χ3n) is 2.75. The van der Waals surface area contributed by atoms with Crippen molar-refractivity contribution in [3.63, 3.8) is 0 Å². The third kappa shape index (κ3) is 3.16. The van der Waals surface area contributed by atoms with E-state index >= 15 is 0 Å². The van der Waals surface area contributed by atoms with Gasteiger partial charge >= 0.3 is 0 Å². The molecule has 0 fully saturated rings. The second-order valence-corrected chi connectivity index (χ2v) is 5.26. The summed E-state index contributed by atoms with van der Waals surface area (Å²) in [6.07, 6.45) is 1.04. The zero-order chi connectivity index (χ0) is 13.7. The predicted octanol–water partition coefficient (Wildman–Crippen LogP) is 3.17. The minimum absolute atomic E-state index is 0.124. The standard InChI is InChI=1S/C13H20BrN3O/c1-4-8-17(9(2)3)11-7-5-6-10(14)12(11)13(15)16-18/h5-7,9,18H,4,8H2,1-3H3,(H2,15,16). The van der Waals surface area contributed by atoms with Gasteiger partial charge in [0.2, 0.25) is 0 Å². The smallest absolute Gasteiger partial charge is 0.173 e. The Morgan fingerprint density at radius 2 is 2.17 bits per heavy atom. The highest BCUT2D eigenvalue weighted by Crippen LogP contribution is 2.29. The maximum Gasteiger partial charge on any atom is 0.173 e. The predicted molar refractivity (Wildman–Crippen MR) is 79.4 cm³/mol. The Balaban J connectivity index is 3.34. The average molecular weight is 314 g/mol. The Kier molecular flexibility index (Phi) is 5.47. The van der Waals surface area contributed by atoms with E-state index in [4.69, 9.17) is 10.9 Å². The first-order valence-corrected chi connectivity index (χ1v) is 6.85. The van der Waals surface area contributed by atoms with Gasteiger partial charge in [-0.05, 0) is 48.3 Å². The van der Waals surface area contributed by atoms with Crippen molar-refractivity contribution in [3.05, 3.63) is 28.2 Å². The largest absolute Gasteiger partial charge is 0.409 e. The van der Waals surface area contributed by atoms with Crippen molar-refractivity contribution in [1.82, 2.24) is 0 Å². The molecule has 1 aromatic rings. The van der Waals surface area contributed by atoms with Crippen LogP contribution in [0, 0.1) is 0 Å². The lowest BCUT2D eigenvalue weighted by Gasteiger charge is -2.30. The van der Waals surface area contributed by atoms with Crippen LogP contribution in [0.15, 0.2) is 27.8 Å². The van der Waals surface area contributed by atoms with E-state index in [0.29, 0.717) is 6.04 Å². The average Bonchev–Trinajstić information content (AvgIpc) is 2.34. The van der Waals surface area contributed by atoms with Crippen LogP contribution in [-0.4, -0.2) is 23.6 Å². The summed E-state index contributed by atoms with van der Waals surface area (Å²) in [6.45, 7) is 7.33. The topological polar surface area (TPSA) is 61.8 Å². The summed E-state index contributed by atoms with van der Waals surface area (Å²) in [5.41, 5.74) is 7.49. The number of rotatable bonds is 5. The van der Waals surface area contributed by atoms with E-state index in [2.05, 4.69) is 46.8 Å². The highest BCUT2D eigenvalue weighted by atomic mass is 79.9. The quantitative estimate of drug-likeness (QED) is 0.380. The molecule has 0 heterocycles. The summed E-state index contributed by atoms with van der Waals surface area (Å²) < 4.78 is 0.831. The molecule has 0 spiro atoms. The van der Waals surface area contributed by atoms with Crippen molar-refractivity contribution in [3.8, 4) is 0 Å². The molecule has 4 nitrogen and oxygen atoms in total. The fourth-order valence-corrected chi connectivity index (χ4v) is 2.51. The fourth-order valence-electron chi connectivity index (χ4n) is 1.95. The van der Waals surface area contributed by atoms with Gasteiger partial charge in [-0.25, -0.2) is 0 Å². The van der Waals surface area contributed by atoms with Crippen LogP contribution in [0.3, 0.4) is 0 Å². The molecule has 18 heavy (non-hydrogen) atoms. The number of nitrogens with zero attached hydrogens (tertiary/aromatic N) is 2. The first-order valence-electron chi connectivity index (χ1n) is 6.06. The lowest BCUT2D eigenvalue weighted by atomic mass is 10.1. The van der Waals surface area contributed by atoms with Crippen LogP contribution in [-0.2, 0) is 0 Å². The van der Waals surface area contributed by atoms with Gasteiger partial charge in [0.1, 0.15) is 0 Å². The van der Waals surface area contributed by atoms with E-state index in [1.165, 1.54) is 0 Å². The molecule has 0 saturated carbocycles. The second-order valence-electron chi connectivity index (χ2n) is 4.41. The summed E-state index contributed by atoms with van der Waals surface area (Å²) in [5.74, 6) is 0.124. The van der Waals surface area contributed by atoms with Gasteiger partial charge in [-0.3, -0.25) is 0 Å². The van der Waals surface area contributed by atoms with E-state index in [-0.39, 0.29) is 5.84 Å². The lowest BCUT2D eigenvalue weighted by Crippen LogP contribution is -2.33.